The Kier molecular flexibility index (Phi) is 5.92. The number of rotatable bonds is 7. The minimum absolute atomic E-state index is 0.141. The third kappa shape index (κ3) is 5.24. The van der Waals surface area contributed by atoms with Crippen molar-refractivity contribution < 1.29 is 9.53 Å². The number of nitrogens with one attached hydrogen (secondary N) is 2. The average Bonchev–Trinajstić information content (AvgIpc) is 2.55. The van der Waals surface area contributed by atoms with Gasteiger partial charge in [-0.15, -0.1) is 0 Å². The van der Waals surface area contributed by atoms with E-state index in [9.17, 15) is 4.79 Å². The monoisotopic (exact) mass is 298 g/mol. The number of hydrogen-bond donors (Lipinski definition) is 2. The van der Waals surface area contributed by atoms with Crippen LogP contribution in [-0.2, 0) is 4.79 Å². The molecule has 1 amide bonds. The van der Waals surface area contributed by atoms with Gasteiger partial charge in [-0.25, -0.2) is 5.43 Å². The Balaban J connectivity index is 1.74. The summed E-state index contributed by atoms with van der Waals surface area (Å²) in [5.41, 5.74) is 4.17. The Labute approximate surface area is 129 Å². The van der Waals surface area contributed by atoms with Gasteiger partial charge in [0, 0.05) is 18.1 Å². The van der Waals surface area contributed by atoms with Gasteiger partial charge in [-0.3, -0.25) is 9.78 Å². The van der Waals surface area contributed by atoms with E-state index in [1.807, 2.05) is 31.2 Å². The van der Waals surface area contributed by atoms with Crippen molar-refractivity contribution in [1.82, 2.24) is 10.4 Å². The smallest absolute Gasteiger partial charge is 0.259 e. The summed E-state index contributed by atoms with van der Waals surface area (Å²) in [6.45, 7) is 2.70. The molecule has 1 heterocycles. The molecule has 2 rings (SSSR count). The van der Waals surface area contributed by atoms with Crippen LogP contribution in [0.2, 0.25) is 0 Å². The van der Waals surface area contributed by atoms with E-state index in [0.29, 0.717) is 6.61 Å². The fourth-order valence-electron chi connectivity index (χ4n) is 1.69. The third-order valence-corrected chi connectivity index (χ3v) is 2.73. The van der Waals surface area contributed by atoms with Gasteiger partial charge in [-0.2, -0.15) is 5.10 Å². The van der Waals surface area contributed by atoms with Crippen LogP contribution in [0.3, 0.4) is 0 Å². The van der Waals surface area contributed by atoms with E-state index in [0.717, 1.165) is 17.0 Å². The van der Waals surface area contributed by atoms with Gasteiger partial charge >= 0.3 is 0 Å². The van der Waals surface area contributed by atoms with Crippen LogP contribution in [0, 0.1) is 0 Å². The molecule has 0 saturated heterocycles. The number of ether oxygens (including phenoxy) is 1. The van der Waals surface area contributed by atoms with Gasteiger partial charge < -0.3 is 10.1 Å². The number of hydrogen-bond acceptors (Lipinski definition) is 5. The molecule has 2 N–H and O–H groups in total. The first-order valence-electron chi connectivity index (χ1n) is 6.96. The number of benzene rings is 1. The maximum Gasteiger partial charge on any atom is 0.259 e. The van der Waals surface area contributed by atoms with E-state index in [1.165, 1.54) is 0 Å². The van der Waals surface area contributed by atoms with E-state index in [-0.39, 0.29) is 12.5 Å². The van der Waals surface area contributed by atoms with Crippen molar-refractivity contribution in [3.63, 3.8) is 0 Å². The van der Waals surface area contributed by atoms with Crippen molar-refractivity contribution in [3.05, 3.63) is 54.4 Å². The maximum atomic E-state index is 11.7. The van der Waals surface area contributed by atoms with Crippen molar-refractivity contribution in [2.75, 3.05) is 18.5 Å². The lowest BCUT2D eigenvalue weighted by Crippen LogP contribution is -2.25. The number of aromatic nitrogens is 1. The predicted molar refractivity (Wildman–Crippen MR) is 86.1 cm³/mol. The van der Waals surface area contributed by atoms with E-state index < -0.39 is 0 Å². The van der Waals surface area contributed by atoms with Crippen LogP contribution in [0.1, 0.15) is 12.5 Å². The quantitative estimate of drug-likeness (QED) is 0.606. The van der Waals surface area contributed by atoms with Crippen LogP contribution in [0.4, 0.5) is 5.69 Å². The van der Waals surface area contributed by atoms with Gasteiger partial charge in [0.25, 0.3) is 5.91 Å². The molecule has 0 spiro atoms. The second-order valence-electron chi connectivity index (χ2n) is 4.38. The fraction of sp³-hybridized carbons (Fsp3) is 0.188. The molecule has 0 radical (unpaired) electrons. The predicted octanol–water partition coefficient (Wildman–Crippen LogP) is 2.04. The molecule has 2 aromatic rings. The molecule has 1 aromatic carbocycles. The molecule has 0 fully saturated rings. The molecule has 6 heteroatoms. The lowest BCUT2D eigenvalue weighted by Gasteiger charge is -2.07. The van der Waals surface area contributed by atoms with Crippen molar-refractivity contribution >= 4 is 17.8 Å². The molecule has 6 nitrogen and oxygen atoms in total. The summed E-state index contributed by atoms with van der Waals surface area (Å²) in [4.78, 5) is 15.6. The van der Waals surface area contributed by atoms with E-state index in [4.69, 9.17) is 4.74 Å². The minimum Gasteiger partial charge on any atom is -0.494 e. The molecular formula is C16H18N4O2. The highest BCUT2D eigenvalue weighted by Gasteiger charge is 2.00. The van der Waals surface area contributed by atoms with Gasteiger partial charge in [-0.05, 0) is 48.9 Å². The van der Waals surface area contributed by atoms with Crippen LogP contribution in [-0.4, -0.2) is 30.3 Å². The summed E-state index contributed by atoms with van der Waals surface area (Å²) in [5.74, 6) is 0.582. The second-order valence-corrected chi connectivity index (χ2v) is 4.38. The molecule has 0 aliphatic heterocycles. The van der Waals surface area contributed by atoms with Gasteiger partial charge in [0.15, 0.2) is 0 Å². The Hall–Kier alpha value is -2.89. The molecule has 0 atom stereocenters. The molecule has 1 aromatic heterocycles. The standard InChI is InChI=1S/C16H18N4O2/c1-2-22-15-5-3-14(4-6-15)18-12-16(21)20-19-11-13-7-9-17-10-8-13/h3-11,18H,2,12H2,1H3,(H,20,21)/b19-11-. The summed E-state index contributed by atoms with van der Waals surface area (Å²) in [5, 5.41) is 6.89. The zero-order valence-corrected chi connectivity index (χ0v) is 12.3. The highest BCUT2D eigenvalue weighted by molar-refractivity contribution is 5.84. The third-order valence-electron chi connectivity index (χ3n) is 2.73. The average molecular weight is 298 g/mol. The first kappa shape index (κ1) is 15.5. The van der Waals surface area contributed by atoms with Crippen molar-refractivity contribution in [3.8, 4) is 5.75 Å². The van der Waals surface area contributed by atoms with Crippen LogP contribution >= 0.6 is 0 Å². The van der Waals surface area contributed by atoms with E-state index in [2.05, 4.69) is 20.8 Å². The van der Waals surface area contributed by atoms with Crippen LogP contribution < -0.4 is 15.5 Å². The zero-order valence-electron chi connectivity index (χ0n) is 12.3. The summed E-state index contributed by atoms with van der Waals surface area (Å²) in [6.07, 6.45) is 4.89. The van der Waals surface area contributed by atoms with Crippen LogP contribution in [0.5, 0.6) is 5.75 Å². The van der Waals surface area contributed by atoms with Crippen molar-refractivity contribution in [2.24, 2.45) is 5.10 Å². The number of anilines is 1. The first-order chi connectivity index (χ1) is 10.8. The molecule has 0 aliphatic carbocycles. The molecule has 22 heavy (non-hydrogen) atoms. The second kappa shape index (κ2) is 8.41. The van der Waals surface area contributed by atoms with Gasteiger partial charge in [0.2, 0.25) is 0 Å². The maximum absolute atomic E-state index is 11.7. The number of nitrogens with zero attached hydrogens (tertiary/aromatic N) is 2. The molecule has 114 valence electrons. The summed E-state index contributed by atoms with van der Waals surface area (Å²) < 4.78 is 5.35. The SMILES string of the molecule is CCOc1ccc(NCC(=O)N/N=C\c2ccncc2)cc1. The molecule has 0 unspecified atom stereocenters. The topological polar surface area (TPSA) is 75.6 Å². The number of pyridine rings is 1. The Bertz CT molecular complexity index is 612. The van der Waals surface area contributed by atoms with Gasteiger partial charge in [0.1, 0.15) is 5.75 Å². The Morgan fingerprint density at radius 3 is 2.64 bits per heavy atom. The fourth-order valence-corrected chi connectivity index (χ4v) is 1.69. The molecular weight excluding hydrogens is 280 g/mol. The normalized spacial score (nSPS) is 10.4. The molecule has 0 aliphatic rings. The number of hydrazone groups is 1. The van der Waals surface area contributed by atoms with Gasteiger partial charge in [0.05, 0.1) is 19.4 Å². The zero-order chi connectivity index (χ0) is 15.6. The van der Waals surface area contributed by atoms with Crippen molar-refractivity contribution in [1.29, 1.82) is 0 Å². The molecule has 0 saturated carbocycles. The lowest BCUT2D eigenvalue weighted by molar-refractivity contribution is -0.119. The van der Waals surface area contributed by atoms with E-state index >= 15 is 0 Å². The highest BCUT2D eigenvalue weighted by Crippen LogP contribution is 2.15. The number of carbonyl (C=O) groups excluding carboxylic acids is 1. The van der Waals surface area contributed by atoms with E-state index in [1.54, 1.807) is 30.7 Å². The van der Waals surface area contributed by atoms with Crippen LogP contribution in [0.15, 0.2) is 53.9 Å². The van der Waals surface area contributed by atoms with Crippen molar-refractivity contribution in [2.45, 2.75) is 6.92 Å². The molecule has 0 bridgehead atoms. The van der Waals surface area contributed by atoms with Gasteiger partial charge in [-0.1, -0.05) is 0 Å². The lowest BCUT2D eigenvalue weighted by atomic mass is 10.3. The summed E-state index contributed by atoms with van der Waals surface area (Å²) in [7, 11) is 0. The highest BCUT2D eigenvalue weighted by atomic mass is 16.5. The van der Waals surface area contributed by atoms with Crippen LogP contribution in [0.25, 0.3) is 0 Å². The largest absolute Gasteiger partial charge is 0.494 e. The minimum atomic E-state index is -0.223. The summed E-state index contributed by atoms with van der Waals surface area (Å²) >= 11 is 0. The number of carbonyl (C=O) groups is 1. The number of amides is 1. The Morgan fingerprint density at radius 2 is 1.95 bits per heavy atom. The first-order valence-corrected chi connectivity index (χ1v) is 6.96. The Morgan fingerprint density at radius 1 is 1.23 bits per heavy atom. The summed E-state index contributed by atoms with van der Waals surface area (Å²) in [6, 6.07) is 11.0.